The van der Waals surface area contributed by atoms with Crippen molar-refractivity contribution in [2.24, 2.45) is 17.8 Å². The van der Waals surface area contributed by atoms with Crippen LogP contribution >= 0.6 is 0 Å². The second-order valence-electron chi connectivity index (χ2n) is 6.54. The third-order valence-electron chi connectivity index (χ3n) is 5.19. The van der Waals surface area contributed by atoms with Crippen LogP contribution in [0, 0.1) is 17.8 Å². The Balaban J connectivity index is 1.85. The second kappa shape index (κ2) is 6.91. The van der Waals surface area contributed by atoms with Gasteiger partial charge < -0.3 is 10.2 Å². The molecule has 3 atom stereocenters. The Morgan fingerprint density at radius 1 is 1.00 bits per heavy atom. The lowest BCUT2D eigenvalue weighted by atomic mass is 9.76. The third kappa shape index (κ3) is 3.96. The Kier molecular flexibility index (Phi) is 5.50. The molecule has 0 amide bonds. The molecule has 0 spiro atoms. The molecular weight excluding hydrogens is 220 g/mol. The molecule has 0 heterocycles. The van der Waals surface area contributed by atoms with Gasteiger partial charge in [-0.25, -0.2) is 0 Å². The monoisotopic (exact) mass is 252 g/mol. The molecule has 2 aliphatic carbocycles. The van der Waals surface area contributed by atoms with Crippen LogP contribution in [-0.2, 0) is 0 Å². The molecule has 3 unspecified atom stereocenters. The van der Waals surface area contributed by atoms with Gasteiger partial charge >= 0.3 is 0 Å². The lowest BCUT2D eigenvalue weighted by Crippen LogP contribution is -2.45. The molecule has 1 N–H and O–H groups in total. The summed E-state index contributed by atoms with van der Waals surface area (Å²) in [5.74, 6) is 2.90. The van der Waals surface area contributed by atoms with Gasteiger partial charge in [0.2, 0.25) is 0 Å². The Morgan fingerprint density at radius 3 is 2.28 bits per heavy atom. The summed E-state index contributed by atoms with van der Waals surface area (Å²) >= 11 is 0. The first kappa shape index (κ1) is 14.3. The van der Waals surface area contributed by atoms with E-state index in [2.05, 4.69) is 31.1 Å². The molecule has 0 radical (unpaired) electrons. The number of rotatable bonds is 7. The van der Waals surface area contributed by atoms with Crippen molar-refractivity contribution in [1.29, 1.82) is 0 Å². The fourth-order valence-electron chi connectivity index (χ4n) is 3.64. The van der Waals surface area contributed by atoms with Gasteiger partial charge in [-0.2, -0.15) is 0 Å². The van der Waals surface area contributed by atoms with Gasteiger partial charge in [-0.1, -0.05) is 20.3 Å². The van der Waals surface area contributed by atoms with Crippen LogP contribution in [0.3, 0.4) is 0 Å². The quantitative estimate of drug-likeness (QED) is 0.749. The molecule has 106 valence electrons. The van der Waals surface area contributed by atoms with E-state index in [-0.39, 0.29) is 0 Å². The van der Waals surface area contributed by atoms with Crippen LogP contribution in [0.15, 0.2) is 0 Å². The Morgan fingerprint density at radius 2 is 1.72 bits per heavy atom. The largest absolute Gasteiger partial charge is 0.317 e. The number of nitrogens with zero attached hydrogens (tertiary/aromatic N) is 1. The predicted molar refractivity (Wildman–Crippen MR) is 78.8 cm³/mol. The van der Waals surface area contributed by atoms with Crippen molar-refractivity contribution < 1.29 is 0 Å². The van der Waals surface area contributed by atoms with E-state index in [0.29, 0.717) is 0 Å². The van der Waals surface area contributed by atoms with Crippen LogP contribution in [0.1, 0.15) is 52.4 Å². The van der Waals surface area contributed by atoms with Gasteiger partial charge in [0.25, 0.3) is 0 Å². The van der Waals surface area contributed by atoms with Crippen LogP contribution in [0.25, 0.3) is 0 Å². The molecule has 2 rings (SSSR count). The first-order valence-corrected chi connectivity index (χ1v) is 8.16. The van der Waals surface area contributed by atoms with Crippen molar-refractivity contribution in [3.8, 4) is 0 Å². The Hall–Kier alpha value is -0.0800. The van der Waals surface area contributed by atoms with Crippen LogP contribution in [0.5, 0.6) is 0 Å². The van der Waals surface area contributed by atoms with Gasteiger partial charge in [0.05, 0.1) is 0 Å². The zero-order valence-corrected chi connectivity index (χ0v) is 12.6. The topological polar surface area (TPSA) is 15.3 Å². The second-order valence-corrected chi connectivity index (χ2v) is 6.54. The molecule has 0 aromatic carbocycles. The van der Waals surface area contributed by atoms with Crippen LogP contribution in [0.2, 0.25) is 0 Å². The van der Waals surface area contributed by atoms with E-state index >= 15 is 0 Å². The number of hydrogen-bond donors (Lipinski definition) is 1. The first-order valence-electron chi connectivity index (χ1n) is 8.16. The highest BCUT2D eigenvalue weighted by molar-refractivity contribution is 4.86. The molecule has 2 heteroatoms. The zero-order valence-electron chi connectivity index (χ0n) is 12.6. The molecule has 0 aromatic rings. The van der Waals surface area contributed by atoms with E-state index in [4.69, 9.17) is 0 Å². The summed E-state index contributed by atoms with van der Waals surface area (Å²) in [5.41, 5.74) is 0. The molecule has 2 fully saturated rings. The summed E-state index contributed by atoms with van der Waals surface area (Å²) < 4.78 is 0. The SMILES string of the molecule is CCC1CCC(NC)C(CN(CC)CC2CC2)C1. The average Bonchev–Trinajstić information content (AvgIpc) is 3.21. The lowest BCUT2D eigenvalue weighted by Gasteiger charge is -2.38. The van der Waals surface area contributed by atoms with E-state index < -0.39 is 0 Å². The normalized spacial score (nSPS) is 33.0. The minimum absolute atomic E-state index is 0.765. The molecule has 18 heavy (non-hydrogen) atoms. The van der Waals surface area contributed by atoms with Crippen molar-refractivity contribution in [2.45, 2.75) is 58.4 Å². The minimum Gasteiger partial charge on any atom is -0.317 e. The van der Waals surface area contributed by atoms with Crippen LogP contribution < -0.4 is 5.32 Å². The van der Waals surface area contributed by atoms with Gasteiger partial charge in [-0.05, 0) is 63.5 Å². The number of nitrogens with one attached hydrogen (secondary N) is 1. The molecule has 2 aliphatic rings. The smallest absolute Gasteiger partial charge is 0.0105 e. The minimum atomic E-state index is 0.765. The Labute approximate surface area is 114 Å². The van der Waals surface area contributed by atoms with Crippen LogP contribution in [0.4, 0.5) is 0 Å². The number of hydrogen-bond acceptors (Lipinski definition) is 2. The highest BCUT2D eigenvalue weighted by Gasteiger charge is 2.31. The predicted octanol–water partition coefficient (Wildman–Crippen LogP) is 3.13. The summed E-state index contributed by atoms with van der Waals surface area (Å²) in [4.78, 5) is 2.71. The van der Waals surface area contributed by atoms with E-state index in [1.165, 1.54) is 58.2 Å². The fourth-order valence-corrected chi connectivity index (χ4v) is 3.64. The molecule has 0 aliphatic heterocycles. The van der Waals surface area contributed by atoms with Crippen LogP contribution in [-0.4, -0.2) is 37.6 Å². The maximum atomic E-state index is 3.57. The molecule has 0 bridgehead atoms. The van der Waals surface area contributed by atoms with Crippen molar-refractivity contribution in [1.82, 2.24) is 10.2 Å². The third-order valence-corrected chi connectivity index (χ3v) is 5.19. The molecular formula is C16H32N2. The van der Waals surface area contributed by atoms with Gasteiger partial charge in [-0.3, -0.25) is 0 Å². The summed E-state index contributed by atoms with van der Waals surface area (Å²) in [5, 5.41) is 3.57. The van der Waals surface area contributed by atoms with Gasteiger partial charge in [0, 0.05) is 19.1 Å². The van der Waals surface area contributed by atoms with Gasteiger partial charge in [0.15, 0.2) is 0 Å². The van der Waals surface area contributed by atoms with Gasteiger partial charge in [0.1, 0.15) is 0 Å². The molecule has 0 saturated heterocycles. The highest BCUT2D eigenvalue weighted by Crippen LogP contribution is 2.33. The molecule has 0 aromatic heterocycles. The lowest BCUT2D eigenvalue weighted by molar-refractivity contribution is 0.141. The summed E-state index contributed by atoms with van der Waals surface area (Å²) in [6, 6.07) is 0.765. The van der Waals surface area contributed by atoms with Crippen molar-refractivity contribution in [2.75, 3.05) is 26.7 Å². The average molecular weight is 252 g/mol. The Bertz CT molecular complexity index is 237. The fraction of sp³-hybridized carbons (Fsp3) is 1.00. The van der Waals surface area contributed by atoms with E-state index in [1.807, 2.05) is 0 Å². The summed E-state index contributed by atoms with van der Waals surface area (Å²) in [6.07, 6.45) is 8.61. The molecule has 2 saturated carbocycles. The van der Waals surface area contributed by atoms with Crippen molar-refractivity contribution in [3.05, 3.63) is 0 Å². The van der Waals surface area contributed by atoms with E-state index in [0.717, 1.165) is 23.8 Å². The summed E-state index contributed by atoms with van der Waals surface area (Å²) in [6.45, 7) is 8.62. The van der Waals surface area contributed by atoms with E-state index in [9.17, 15) is 0 Å². The van der Waals surface area contributed by atoms with Gasteiger partial charge in [-0.15, -0.1) is 0 Å². The maximum absolute atomic E-state index is 3.57. The summed E-state index contributed by atoms with van der Waals surface area (Å²) in [7, 11) is 2.15. The zero-order chi connectivity index (χ0) is 13.0. The van der Waals surface area contributed by atoms with E-state index in [1.54, 1.807) is 0 Å². The maximum Gasteiger partial charge on any atom is 0.0105 e. The standard InChI is InChI=1S/C16H32N2/c1-4-13-8-9-16(17-3)15(10-13)12-18(5-2)11-14-6-7-14/h13-17H,4-12H2,1-3H3. The molecule has 2 nitrogen and oxygen atoms in total. The van der Waals surface area contributed by atoms with Crippen molar-refractivity contribution >= 4 is 0 Å². The highest BCUT2D eigenvalue weighted by atomic mass is 15.1. The van der Waals surface area contributed by atoms with Crippen molar-refractivity contribution in [3.63, 3.8) is 0 Å². The first-order chi connectivity index (χ1) is 8.76.